The molecule has 2 saturated heterocycles. The van der Waals surface area contributed by atoms with E-state index in [1.807, 2.05) is 17.8 Å². The predicted octanol–water partition coefficient (Wildman–Crippen LogP) is 0.352. The highest BCUT2D eigenvalue weighted by atomic mass is 32.2. The van der Waals surface area contributed by atoms with Gasteiger partial charge in [0.2, 0.25) is 5.95 Å². The number of anilines is 1. The Morgan fingerprint density at radius 1 is 1.08 bits per heavy atom. The van der Waals surface area contributed by atoms with Gasteiger partial charge < -0.3 is 15.5 Å². The molecule has 0 unspecified atom stereocenters. The third kappa shape index (κ3) is 4.98. The van der Waals surface area contributed by atoms with Crippen LogP contribution in [-0.2, 0) is 0 Å². The lowest BCUT2D eigenvalue weighted by atomic mass is 10.3. The van der Waals surface area contributed by atoms with Crippen LogP contribution in [-0.4, -0.2) is 89.6 Å². The van der Waals surface area contributed by atoms with Crippen LogP contribution in [0.5, 0.6) is 0 Å². The fourth-order valence-corrected chi connectivity index (χ4v) is 3.91. The van der Waals surface area contributed by atoms with Gasteiger partial charge in [-0.15, -0.1) is 0 Å². The molecular weight excluding hydrogens is 322 g/mol. The lowest BCUT2D eigenvalue weighted by Crippen LogP contribution is -2.47. The Morgan fingerprint density at radius 3 is 2.50 bits per heavy atom. The van der Waals surface area contributed by atoms with Crippen molar-refractivity contribution in [3.63, 3.8) is 0 Å². The zero-order chi connectivity index (χ0) is 16.6. The standard InChI is InChI=1S/C16H27N7S/c17-15(22-11-13-24-14-12-22)18-5-2-6-21-7-9-23(10-8-21)16-19-3-1-4-20-16/h1,3-4H,2,5-14H2,(H2,17,18). The van der Waals surface area contributed by atoms with Gasteiger partial charge in [-0.1, -0.05) is 0 Å². The summed E-state index contributed by atoms with van der Waals surface area (Å²) in [6.45, 7) is 8.05. The molecule has 0 radical (unpaired) electrons. The second-order valence-corrected chi connectivity index (χ2v) is 7.30. The van der Waals surface area contributed by atoms with Crippen molar-refractivity contribution < 1.29 is 0 Å². The summed E-state index contributed by atoms with van der Waals surface area (Å²) in [7, 11) is 0. The van der Waals surface area contributed by atoms with Crippen molar-refractivity contribution in [3.05, 3.63) is 18.5 Å². The van der Waals surface area contributed by atoms with Crippen LogP contribution >= 0.6 is 11.8 Å². The van der Waals surface area contributed by atoms with Crippen LogP contribution < -0.4 is 10.6 Å². The predicted molar refractivity (Wildman–Crippen MR) is 101 cm³/mol. The van der Waals surface area contributed by atoms with Crippen molar-refractivity contribution >= 4 is 23.7 Å². The van der Waals surface area contributed by atoms with Crippen molar-refractivity contribution in [1.82, 2.24) is 19.8 Å². The van der Waals surface area contributed by atoms with E-state index in [9.17, 15) is 0 Å². The van der Waals surface area contributed by atoms with Crippen LogP contribution in [0.4, 0.5) is 5.95 Å². The topological polar surface area (TPSA) is 73.9 Å². The monoisotopic (exact) mass is 349 g/mol. The molecule has 7 nitrogen and oxygen atoms in total. The maximum Gasteiger partial charge on any atom is 0.225 e. The Bertz CT molecular complexity index is 510. The van der Waals surface area contributed by atoms with Crippen molar-refractivity contribution in [2.45, 2.75) is 6.42 Å². The van der Waals surface area contributed by atoms with Crippen LogP contribution in [0.1, 0.15) is 6.42 Å². The van der Waals surface area contributed by atoms with E-state index in [4.69, 9.17) is 5.73 Å². The minimum absolute atomic E-state index is 0.723. The lowest BCUT2D eigenvalue weighted by Gasteiger charge is -2.34. The average molecular weight is 350 g/mol. The highest BCUT2D eigenvalue weighted by molar-refractivity contribution is 7.99. The van der Waals surface area contributed by atoms with Crippen LogP contribution in [0.2, 0.25) is 0 Å². The fourth-order valence-electron chi connectivity index (χ4n) is 3.01. The molecule has 1 aromatic rings. The van der Waals surface area contributed by atoms with Gasteiger partial charge in [0.05, 0.1) is 0 Å². The lowest BCUT2D eigenvalue weighted by molar-refractivity contribution is 0.255. The Balaban J connectivity index is 1.33. The van der Waals surface area contributed by atoms with E-state index < -0.39 is 0 Å². The molecule has 3 heterocycles. The molecule has 8 heteroatoms. The van der Waals surface area contributed by atoms with Crippen LogP contribution in [0.3, 0.4) is 0 Å². The van der Waals surface area contributed by atoms with E-state index in [1.54, 1.807) is 12.4 Å². The van der Waals surface area contributed by atoms with Crippen LogP contribution in [0.15, 0.2) is 23.5 Å². The summed E-state index contributed by atoms with van der Waals surface area (Å²) >= 11 is 1.99. The van der Waals surface area contributed by atoms with Gasteiger partial charge in [0.15, 0.2) is 5.96 Å². The number of nitrogens with two attached hydrogens (primary N) is 1. The number of aromatic nitrogens is 2. The highest BCUT2D eigenvalue weighted by Gasteiger charge is 2.18. The van der Waals surface area contributed by atoms with Gasteiger partial charge in [-0.2, -0.15) is 11.8 Å². The number of aliphatic imine (C=N–C) groups is 1. The molecule has 3 rings (SSSR count). The number of hydrogen-bond donors (Lipinski definition) is 1. The maximum atomic E-state index is 6.08. The maximum absolute atomic E-state index is 6.08. The van der Waals surface area contributed by atoms with Gasteiger partial charge in [0, 0.05) is 76.3 Å². The normalized spacial score (nSPS) is 20.4. The first-order chi connectivity index (χ1) is 11.8. The van der Waals surface area contributed by atoms with Crippen molar-refractivity contribution in [3.8, 4) is 0 Å². The summed E-state index contributed by atoms with van der Waals surface area (Å²) in [5, 5.41) is 0. The second kappa shape index (κ2) is 9.08. The zero-order valence-electron chi connectivity index (χ0n) is 14.2. The van der Waals surface area contributed by atoms with E-state index in [0.29, 0.717) is 0 Å². The van der Waals surface area contributed by atoms with Gasteiger partial charge in [0.25, 0.3) is 0 Å². The zero-order valence-corrected chi connectivity index (χ0v) is 15.0. The number of guanidine groups is 1. The molecule has 0 bridgehead atoms. The van der Waals surface area contributed by atoms with E-state index >= 15 is 0 Å². The van der Waals surface area contributed by atoms with Crippen molar-refractivity contribution in [2.75, 3.05) is 68.8 Å². The first-order valence-electron chi connectivity index (χ1n) is 8.70. The minimum atomic E-state index is 0.723. The van der Waals surface area contributed by atoms with Gasteiger partial charge in [0.1, 0.15) is 0 Å². The molecule has 0 spiro atoms. The molecule has 132 valence electrons. The third-order valence-electron chi connectivity index (χ3n) is 4.45. The van der Waals surface area contributed by atoms with Crippen molar-refractivity contribution in [1.29, 1.82) is 0 Å². The molecule has 2 aliphatic heterocycles. The number of piperazine rings is 1. The SMILES string of the molecule is NC(=NCCCN1CCN(c2ncccn2)CC1)N1CCSCC1. The first-order valence-corrected chi connectivity index (χ1v) is 9.85. The average Bonchev–Trinajstić information content (AvgIpc) is 2.67. The largest absolute Gasteiger partial charge is 0.370 e. The number of thioether (sulfide) groups is 1. The Labute approximate surface area is 148 Å². The Hall–Kier alpha value is -1.54. The van der Waals surface area contributed by atoms with E-state index in [-0.39, 0.29) is 0 Å². The summed E-state index contributed by atoms with van der Waals surface area (Å²) in [6.07, 6.45) is 4.67. The molecule has 2 fully saturated rings. The summed E-state index contributed by atoms with van der Waals surface area (Å²) in [6, 6.07) is 1.86. The van der Waals surface area contributed by atoms with E-state index in [2.05, 4.69) is 29.7 Å². The van der Waals surface area contributed by atoms with E-state index in [0.717, 1.165) is 82.2 Å². The third-order valence-corrected chi connectivity index (χ3v) is 5.39. The molecule has 2 N–H and O–H groups in total. The summed E-state index contributed by atoms with van der Waals surface area (Å²) in [5.74, 6) is 3.88. The summed E-state index contributed by atoms with van der Waals surface area (Å²) in [5.41, 5.74) is 6.08. The molecule has 0 aliphatic carbocycles. The summed E-state index contributed by atoms with van der Waals surface area (Å²) < 4.78 is 0. The number of nitrogens with zero attached hydrogens (tertiary/aromatic N) is 6. The fraction of sp³-hybridized carbons (Fsp3) is 0.688. The molecule has 2 aliphatic rings. The molecule has 1 aromatic heterocycles. The molecule has 0 saturated carbocycles. The van der Waals surface area contributed by atoms with Gasteiger partial charge in [-0.25, -0.2) is 9.97 Å². The summed E-state index contributed by atoms with van der Waals surface area (Å²) in [4.78, 5) is 20.1. The van der Waals surface area contributed by atoms with E-state index in [1.165, 1.54) is 0 Å². The molecular formula is C16H27N7S. The molecule has 0 atom stereocenters. The Morgan fingerprint density at radius 2 is 1.79 bits per heavy atom. The van der Waals surface area contributed by atoms with Gasteiger partial charge in [-0.05, 0) is 12.5 Å². The number of rotatable bonds is 5. The van der Waals surface area contributed by atoms with Crippen LogP contribution in [0, 0.1) is 0 Å². The highest BCUT2D eigenvalue weighted by Crippen LogP contribution is 2.10. The molecule has 0 amide bonds. The first kappa shape index (κ1) is 17.3. The number of hydrogen-bond acceptors (Lipinski definition) is 6. The van der Waals surface area contributed by atoms with Gasteiger partial charge >= 0.3 is 0 Å². The second-order valence-electron chi connectivity index (χ2n) is 6.07. The van der Waals surface area contributed by atoms with Crippen LogP contribution in [0.25, 0.3) is 0 Å². The molecule has 0 aromatic carbocycles. The molecule has 24 heavy (non-hydrogen) atoms. The van der Waals surface area contributed by atoms with Gasteiger partial charge in [-0.3, -0.25) is 9.89 Å². The Kier molecular flexibility index (Phi) is 6.54. The smallest absolute Gasteiger partial charge is 0.225 e. The minimum Gasteiger partial charge on any atom is -0.370 e. The van der Waals surface area contributed by atoms with Crippen molar-refractivity contribution in [2.24, 2.45) is 10.7 Å². The quantitative estimate of drug-likeness (QED) is 0.467.